The van der Waals surface area contributed by atoms with Crippen LogP contribution >= 0.6 is 11.6 Å². The number of anilines is 3. The second kappa shape index (κ2) is 7.46. The van der Waals surface area contributed by atoms with Crippen molar-refractivity contribution in [2.24, 2.45) is 0 Å². The minimum absolute atomic E-state index is 0.0733. The lowest BCUT2D eigenvalue weighted by molar-refractivity contribution is 0.356. The molecule has 2 unspecified atom stereocenters. The number of benzene rings is 1. The Balaban J connectivity index is 1.44. The molecule has 3 heterocycles. The fourth-order valence-electron chi connectivity index (χ4n) is 3.84. The van der Waals surface area contributed by atoms with E-state index in [1.165, 1.54) is 18.9 Å². The van der Waals surface area contributed by atoms with Gasteiger partial charge in [0.2, 0.25) is 11.9 Å². The van der Waals surface area contributed by atoms with Crippen molar-refractivity contribution in [3.05, 3.63) is 52.2 Å². The van der Waals surface area contributed by atoms with Gasteiger partial charge in [0, 0.05) is 34.7 Å². The monoisotopic (exact) mass is 431 g/mol. The smallest absolute Gasteiger partial charge is 0.233 e. The Morgan fingerprint density at radius 2 is 2.03 bits per heavy atom. The van der Waals surface area contributed by atoms with E-state index in [0.29, 0.717) is 40.0 Å². The second-order valence-electron chi connectivity index (χ2n) is 7.78. The molecule has 1 saturated carbocycles. The third-order valence-corrected chi connectivity index (χ3v) is 5.65. The van der Waals surface area contributed by atoms with E-state index in [1.54, 1.807) is 24.0 Å². The first-order valence-electron chi connectivity index (χ1n) is 9.87. The zero-order valence-electron chi connectivity index (χ0n) is 16.2. The number of H-pyrrole nitrogens is 1. The molecule has 30 heavy (non-hydrogen) atoms. The maximum atomic E-state index is 14.5. The van der Waals surface area contributed by atoms with Crippen LogP contribution < -0.4 is 10.2 Å². The van der Waals surface area contributed by atoms with Gasteiger partial charge in [0.1, 0.15) is 17.8 Å². The Morgan fingerprint density at radius 1 is 1.20 bits per heavy atom. The summed E-state index contributed by atoms with van der Waals surface area (Å²) in [4.78, 5) is 14.8. The number of rotatable bonds is 5. The first-order valence-corrected chi connectivity index (χ1v) is 10.2. The van der Waals surface area contributed by atoms with Crippen LogP contribution in [-0.4, -0.2) is 37.9 Å². The largest absolute Gasteiger partial charge is 0.330 e. The van der Waals surface area contributed by atoms with E-state index in [9.17, 15) is 8.78 Å². The van der Waals surface area contributed by atoms with E-state index >= 15 is 0 Å². The summed E-state index contributed by atoms with van der Waals surface area (Å²) in [7, 11) is 0. The molecule has 2 aromatic heterocycles. The van der Waals surface area contributed by atoms with Crippen molar-refractivity contribution in [3.63, 3.8) is 0 Å². The van der Waals surface area contributed by atoms with Crippen molar-refractivity contribution >= 4 is 29.3 Å². The zero-order valence-corrected chi connectivity index (χ0v) is 17.0. The highest BCUT2D eigenvalue weighted by molar-refractivity contribution is 6.30. The highest BCUT2D eigenvalue weighted by Gasteiger charge is 2.36. The molecule has 2 aliphatic rings. The summed E-state index contributed by atoms with van der Waals surface area (Å²) in [6, 6.07) is 5.84. The van der Waals surface area contributed by atoms with Gasteiger partial charge in [-0.25, -0.2) is 8.78 Å². The van der Waals surface area contributed by atoms with Crippen molar-refractivity contribution in [2.75, 3.05) is 16.8 Å². The van der Waals surface area contributed by atoms with Crippen LogP contribution in [0.5, 0.6) is 0 Å². The van der Waals surface area contributed by atoms with Crippen molar-refractivity contribution < 1.29 is 8.78 Å². The number of halogens is 3. The highest BCUT2D eigenvalue weighted by atomic mass is 35.5. The summed E-state index contributed by atoms with van der Waals surface area (Å²) < 4.78 is 28.9. The molecule has 0 radical (unpaired) electrons. The number of nitrogens with one attached hydrogen (secondary N) is 2. The zero-order chi connectivity index (χ0) is 20.8. The third kappa shape index (κ3) is 3.81. The molecule has 1 aliphatic heterocycles. The molecule has 7 nitrogen and oxygen atoms in total. The number of alkyl halides is 1. The van der Waals surface area contributed by atoms with Crippen LogP contribution in [0.3, 0.4) is 0 Å². The maximum Gasteiger partial charge on any atom is 0.233 e. The molecule has 0 amide bonds. The summed E-state index contributed by atoms with van der Waals surface area (Å²) in [6.07, 6.45) is 1.36. The molecular weight excluding hydrogens is 412 g/mol. The number of hydrogen-bond acceptors (Lipinski definition) is 6. The first-order chi connectivity index (χ1) is 14.5. The molecule has 156 valence electrons. The van der Waals surface area contributed by atoms with Crippen molar-refractivity contribution in [2.45, 2.75) is 44.3 Å². The normalized spacial score (nSPS) is 21.3. The number of aryl methyl sites for hydroxylation is 1. The number of aromatic amines is 1. The van der Waals surface area contributed by atoms with Gasteiger partial charge in [-0.05, 0) is 31.9 Å². The quantitative estimate of drug-likeness (QED) is 0.614. The van der Waals surface area contributed by atoms with E-state index in [2.05, 4.69) is 30.5 Å². The SMILES string of the molecule is Cc1nc(Nc2cc(C3CC3)[nH]n2)nc(N2CC(F)CC2c2ccc(Cl)cc2F)n1. The fourth-order valence-corrected chi connectivity index (χ4v) is 4.00. The summed E-state index contributed by atoms with van der Waals surface area (Å²) >= 11 is 5.87. The van der Waals surface area contributed by atoms with Gasteiger partial charge in [0.25, 0.3) is 0 Å². The molecular formula is C20H20ClF2N7. The van der Waals surface area contributed by atoms with Crippen molar-refractivity contribution in [1.29, 1.82) is 0 Å². The molecule has 10 heteroatoms. The van der Waals surface area contributed by atoms with Crippen LogP contribution in [0, 0.1) is 12.7 Å². The molecule has 1 aromatic carbocycles. The molecule has 5 rings (SSSR count). The Hall–Kier alpha value is -2.81. The second-order valence-corrected chi connectivity index (χ2v) is 8.22. The summed E-state index contributed by atoms with van der Waals surface area (Å²) in [6.45, 7) is 1.81. The molecule has 2 atom stereocenters. The summed E-state index contributed by atoms with van der Waals surface area (Å²) in [5.74, 6) is 1.76. The van der Waals surface area contributed by atoms with Gasteiger partial charge in [0.15, 0.2) is 5.82 Å². The standard InChI is InChI=1S/C20H20ClF2N7/c1-10-24-19(26-18-8-16(28-29-18)11-2-3-11)27-20(25-10)30-9-13(22)7-17(30)14-5-4-12(21)6-15(14)23/h4-6,8,11,13,17H,2-3,7,9H2,1H3,(H2,24,25,26,27,28,29). The van der Waals surface area contributed by atoms with Gasteiger partial charge in [-0.3, -0.25) is 5.10 Å². The summed E-state index contributed by atoms with van der Waals surface area (Å²) in [5.41, 5.74) is 1.45. The van der Waals surface area contributed by atoms with Crippen LogP contribution in [0.4, 0.5) is 26.5 Å². The highest BCUT2D eigenvalue weighted by Crippen LogP contribution is 2.40. The predicted molar refractivity (Wildman–Crippen MR) is 109 cm³/mol. The Labute approximate surface area is 176 Å². The van der Waals surface area contributed by atoms with Gasteiger partial charge in [-0.2, -0.15) is 20.1 Å². The van der Waals surface area contributed by atoms with Crippen LogP contribution in [-0.2, 0) is 0 Å². The van der Waals surface area contributed by atoms with Gasteiger partial charge < -0.3 is 10.2 Å². The van der Waals surface area contributed by atoms with Gasteiger partial charge in [-0.15, -0.1) is 0 Å². The molecule has 2 N–H and O–H groups in total. The minimum Gasteiger partial charge on any atom is -0.330 e. The van der Waals surface area contributed by atoms with Crippen LogP contribution in [0.1, 0.15) is 48.3 Å². The van der Waals surface area contributed by atoms with E-state index < -0.39 is 18.0 Å². The molecule has 3 aromatic rings. The Kier molecular flexibility index (Phi) is 4.77. The molecule has 1 saturated heterocycles. The lowest BCUT2D eigenvalue weighted by atomic mass is 10.0. The fraction of sp³-hybridized carbons (Fsp3) is 0.400. The average Bonchev–Trinajstić information content (AvgIpc) is 3.32. The van der Waals surface area contributed by atoms with Crippen molar-refractivity contribution in [3.8, 4) is 0 Å². The third-order valence-electron chi connectivity index (χ3n) is 5.42. The van der Waals surface area contributed by atoms with Crippen LogP contribution in [0.15, 0.2) is 24.3 Å². The average molecular weight is 432 g/mol. The lowest BCUT2D eigenvalue weighted by Crippen LogP contribution is -2.27. The van der Waals surface area contributed by atoms with Gasteiger partial charge in [-0.1, -0.05) is 17.7 Å². The molecule has 2 fully saturated rings. The van der Waals surface area contributed by atoms with Gasteiger partial charge >= 0.3 is 0 Å². The van der Waals surface area contributed by atoms with E-state index in [4.69, 9.17) is 11.6 Å². The van der Waals surface area contributed by atoms with E-state index in [1.807, 2.05) is 6.07 Å². The van der Waals surface area contributed by atoms with Gasteiger partial charge in [0.05, 0.1) is 12.6 Å². The lowest BCUT2D eigenvalue weighted by Gasteiger charge is -2.25. The number of aromatic nitrogens is 5. The molecule has 1 aliphatic carbocycles. The van der Waals surface area contributed by atoms with Crippen molar-refractivity contribution in [1.82, 2.24) is 25.1 Å². The Bertz CT molecular complexity index is 1080. The van der Waals surface area contributed by atoms with Crippen LogP contribution in [0.2, 0.25) is 5.02 Å². The predicted octanol–water partition coefficient (Wildman–Crippen LogP) is 4.61. The molecule has 0 spiro atoms. The summed E-state index contributed by atoms with van der Waals surface area (Å²) in [5, 5.41) is 10.6. The maximum absolute atomic E-state index is 14.5. The molecule has 0 bridgehead atoms. The van der Waals surface area contributed by atoms with Crippen LogP contribution in [0.25, 0.3) is 0 Å². The Morgan fingerprint density at radius 3 is 2.80 bits per heavy atom. The minimum atomic E-state index is -1.12. The van der Waals surface area contributed by atoms with E-state index in [0.717, 1.165) is 5.69 Å². The number of nitrogens with zero attached hydrogens (tertiary/aromatic N) is 5. The topological polar surface area (TPSA) is 82.6 Å². The van der Waals surface area contributed by atoms with E-state index in [-0.39, 0.29) is 13.0 Å². The number of hydrogen-bond donors (Lipinski definition) is 2. The first kappa shape index (κ1) is 19.2.